The van der Waals surface area contributed by atoms with Gasteiger partial charge in [-0.25, -0.2) is 4.98 Å². The van der Waals surface area contributed by atoms with Crippen LogP contribution in [0.5, 0.6) is 0 Å². The average Bonchev–Trinajstić information content (AvgIpc) is 2.36. The van der Waals surface area contributed by atoms with Crippen LogP contribution in [0.25, 0.3) is 5.65 Å². The Balaban J connectivity index is 2.29. The zero-order chi connectivity index (χ0) is 14.0. The van der Waals surface area contributed by atoms with Gasteiger partial charge in [0.15, 0.2) is 0 Å². The molecule has 0 aliphatic heterocycles. The molecule has 0 aliphatic rings. The number of carboxylic acid groups (broad SMARTS) is 1. The molecule has 1 atom stereocenters. The maximum Gasteiger partial charge on any atom is 0.320 e. The first-order valence-corrected chi connectivity index (χ1v) is 5.92. The predicted octanol–water partition coefficient (Wildman–Crippen LogP) is 0.566. The van der Waals surface area contributed by atoms with E-state index in [2.05, 4.69) is 10.3 Å². The van der Waals surface area contributed by atoms with E-state index >= 15 is 0 Å². The van der Waals surface area contributed by atoms with E-state index in [1.54, 1.807) is 19.2 Å². The maximum atomic E-state index is 11.9. The lowest BCUT2D eigenvalue weighted by atomic mass is 10.3. The smallest absolute Gasteiger partial charge is 0.320 e. The van der Waals surface area contributed by atoms with Crippen molar-refractivity contribution in [2.45, 2.75) is 26.4 Å². The summed E-state index contributed by atoms with van der Waals surface area (Å²) in [7, 11) is 0. The van der Waals surface area contributed by atoms with Gasteiger partial charge in [0.25, 0.3) is 5.56 Å². The molecule has 0 aliphatic carbocycles. The number of aromatic nitrogens is 2. The van der Waals surface area contributed by atoms with Gasteiger partial charge in [-0.3, -0.25) is 19.3 Å². The summed E-state index contributed by atoms with van der Waals surface area (Å²) in [5.74, 6) is -0.937. The number of aliphatic carboxylic acids is 1. The van der Waals surface area contributed by atoms with Crippen molar-refractivity contribution in [3.8, 4) is 0 Å². The molecule has 100 valence electrons. The lowest BCUT2D eigenvalue weighted by Crippen LogP contribution is -2.33. The lowest BCUT2D eigenvalue weighted by Gasteiger charge is -2.09. The molecule has 2 aromatic heterocycles. The van der Waals surface area contributed by atoms with Crippen molar-refractivity contribution in [1.29, 1.82) is 0 Å². The van der Waals surface area contributed by atoms with Crippen molar-refractivity contribution in [2.75, 3.05) is 0 Å². The van der Waals surface area contributed by atoms with E-state index in [0.29, 0.717) is 11.3 Å². The minimum Gasteiger partial charge on any atom is -0.480 e. The molecule has 2 rings (SSSR count). The van der Waals surface area contributed by atoms with Crippen LogP contribution in [0.4, 0.5) is 0 Å². The van der Waals surface area contributed by atoms with Gasteiger partial charge in [-0.05, 0) is 25.5 Å². The quantitative estimate of drug-likeness (QED) is 0.840. The molecule has 2 aromatic rings. The number of hydrogen-bond acceptors (Lipinski definition) is 4. The normalized spacial score (nSPS) is 12.5. The maximum absolute atomic E-state index is 11.9. The minimum atomic E-state index is -0.937. The van der Waals surface area contributed by atoms with Crippen molar-refractivity contribution in [3.05, 3.63) is 46.0 Å². The van der Waals surface area contributed by atoms with Gasteiger partial charge < -0.3 is 5.11 Å². The summed E-state index contributed by atoms with van der Waals surface area (Å²) in [5.41, 5.74) is 1.88. The Bertz CT molecular complexity index is 678. The fourth-order valence-corrected chi connectivity index (χ4v) is 1.69. The zero-order valence-corrected chi connectivity index (χ0v) is 10.8. The molecule has 6 nitrogen and oxygen atoms in total. The number of carbonyl (C=O) groups is 1. The fourth-order valence-electron chi connectivity index (χ4n) is 1.69. The second-order valence-corrected chi connectivity index (χ2v) is 4.46. The highest BCUT2D eigenvalue weighted by Crippen LogP contribution is 2.02. The highest BCUT2D eigenvalue weighted by Gasteiger charge is 2.10. The molecule has 0 amide bonds. The summed E-state index contributed by atoms with van der Waals surface area (Å²) in [6.07, 6.45) is 1.72. The molecule has 0 spiro atoms. The number of hydrogen-bond donors (Lipinski definition) is 2. The Kier molecular flexibility index (Phi) is 3.62. The summed E-state index contributed by atoms with van der Waals surface area (Å²) in [6, 6.07) is 4.37. The van der Waals surface area contributed by atoms with Gasteiger partial charge in [-0.1, -0.05) is 6.07 Å². The van der Waals surface area contributed by atoms with E-state index < -0.39 is 12.0 Å². The highest BCUT2D eigenvalue weighted by molar-refractivity contribution is 5.72. The van der Waals surface area contributed by atoms with E-state index in [4.69, 9.17) is 5.11 Å². The number of nitrogens with one attached hydrogen (secondary N) is 1. The van der Waals surface area contributed by atoms with Gasteiger partial charge >= 0.3 is 5.97 Å². The molecule has 0 saturated carbocycles. The second kappa shape index (κ2) is 5.19. The Labute approximate surface area is 109 Å². The SMILES string of the molecule is Cc1ccc2nc(CN[C@@H](C)C(=O)O)cc(=O)n2c1. The monoisotopic (exact) mass is 261 g/mol. The topological polar surface area (TPSA) is 83.7 Å². The van der Waals surface area contributed by atoms with E-state index in [-0.39, 0.29) is 12.1 Å². The van der Waals surface area contributed by atoms with Crippen LogP contribution in [0, 0.1) is 6.92 Å². The molecular weight excluding hydrogens is 246 g/mol. The summed E-state index contributed by atoms with van der Waals surface area (Å²) < 4.78 is 1.47. The van der Waals surface area contributed by atoms with Crippen LogP contribution >= 0.6 is 0 Å². The average molecular weight is 261 g/mol. The van der Waals surface area contributed by atoms with Crippen LogP contribution in [-0.4, -0.2) is 26.5 Å². The number of nitrogens with zero attached hydrogens (tertiary/aromatic N) is 2. The number of aryl methyl sites for hydroxylation is 1. The summed E-state index contributed by atoms with van der Waals surface area (Å²) in [6.45, 7) is 3.68. The van der Waals surface area contributed by atoms with Gasteiger partial charge in [-0.15, -0.1) is 0 Å². The predicted molar refractivity (Wildman–Crippen MR) is 70.1 cm³/mol. The third kappa shape index (κ3) is 2.97. The van der Waals surface area contributed by atoms with Crippen LogP contribution in [-0.2, 0) is 11.3 Å². The number of rotatable bonds is 4. The van der Waals surface area contributed by atoms with Gasteiger partial charge in [-0.2, -0.15) is 0 Å². The first kappa shape index (κ1) is 13.2. The van der Waals surface area contributed by atoms with Crippen LogP contribution in [0.15, 0.2) is 29.2 Å². The number of pyridine rings is 1. The standard InChI is InChI=1S/C13H15N3O3/c1-8-3-4-11-15-10(5-12(17)16(11)7-8)6-14-9(2)13(18)19/h3-5,7,9,14H,6H2,1-2H3,(H,18,19)/t9-/m0/s1. The van der Waals surface area contributed by atoms with E-state index in [9.17, 15) is 9.59 Å². The van der Waals surface area contributed by atoms with E-state index in [1.165, 1.54) is 10.5 Å². The molecule has 0 bridgehead atoms. The summed E-state index contributed by atoms with van der Waals surface area (Å²) in [4.78, 5) is 26.9. The number of fused-ring (bicyclic) bond motifs is 1. The molecule has 0 aromatic carbocycles. The molecule has 6 heteroatoms. The summed E-state index contributed by atoms with van der Waals surface area (Å²) >= 11 is 0. The Morgan fingerprint density at radius 3 is 2.95 bits per heavy atom. The third-order valence-electron chi connectivity index (χ3n) is 2.82. The lowest BCUT2D eigenvalue weighted by molar-refractivity contribution is -0.139. The van der Waals surface area contributed by atoms with Crippen molar-refractivity contribution in [1.82, 2.24) is 14.7 Å². The first-order valence-electron chi connectivity index (χ1n) is 5.92. The summed E-state index contributed by atoms with van der Waals surface area (Å²) in [5, 5.41) is 11.6. The molecule has 0 radical (unpaired) electrons. The molecule has 2 N–H and O–H groups in total. The van der Waals surface area contributed by atoms with Gasteiger partial charge in [0.05, 0.1) is 5.69 Å². The van der Waals surface area contributed by atoms with Crippen molar-refractivity contribution >= 4 is 11.6 Å². The molecule has 19 heavy (non-hydrogen) atoms. The molecule has 0 fully saturated rings. The van der Waals surface area contributed by atoms with E-state index in [0.717, 1.165) is 5.56 Å². The van der Waals surface area contributed by atoms with Gasteiger partial charge in [0.2, 0.25) is 0 Å². The van der Waals surface area contributed by atoms with Crippen LogP contribution in [0.3, 0.4) is 0 Å². The van der Waals surface area contributed by atoms with Crippen molar-refractivity contribution in [3.63, 3.8) is 0 Å². The highest BCUT2D eigenvalue weighted by atomic mass is 16.4. The molecular formula is C13H15N3O3. The number of carboxylic acids is 1. The zero-order valence-electron chi connectivity index (χ0n) is 10.8. The Hall–Kier alpha value is -2.21. The Morgan fingerprint density at radius 2 is 2.26 bits per heavy atom. The van der Waals surface area contributed by atoms with E-state index in [1.807, 2.05) is 13.0 Å². The van der Waals surface area contributed by atoms with Crippen LogP contribution < -0.4 is 10.9 Å². The first-order chi connectivity index (χ1) is 8.97. The van der Waals surface area contributed by atoms with Crippen LogP contribution in [0.1, 0.15) is 18.2 Å². The molecule has 0 saturated heterocycles. The Morgan fingerprint density at radius 1 is 1.53 bits per heavy atom. The molecule has 2 heterocycles. The van der Waals surface area contributed by atoms with Crippen LogP contribution in [0.2, 0.25) is 0 Å². The van der Waals surface area contributed by atoms with Gasteiger partial charge in [0.1, 0.15) is 11.7 Å². The van der Waals surface area contributed by atoms with Gasteiger partial charge in [0, 0.05) is 18.8 Å². The fraction of sp³-hybridized carbons (Fsp3) is 0.308. The molecule has 0 unspecified atom stereocenters. The second-order valence-electron chi connectivity index (χ2n) is 4.46. The van der Waals surface area contributed by atoms with Crippen molar-refractivity contribution < 1.29 is 9.90 Å². The minimum absolute atomic E-state index is 0.173. The van der Waals surface area contributed by atoms with Crippen molar-refractivity contribution in [2.24, 2.45) is 0 Å². The third-order valence-corrected chi connectivity index (χ3v) is 2.82. The largest absolute Gasteiger partial charge is 0.480 e.